The molecule has 0 atom stereocenters. The number of rotatable bonds is 2. The molecule has 0 amide bonds. The van der Waals surface area contributed by atoms with Gasteiger partial charge in [-0.3, -0.25) is 0 Å². The molecule has 0 N–H and O–H groups in total. The van der Waals surface area contributed by atoms with Crippen molar-refractivity contribution in [3.8, 4) is 17.7 Å². The highest BCUT2D eigenvalue weighted by molar-refractivity contribution is 6.31. The molecule has 16 heavy (non-hydrogen) atoms. The smallest absolute Gasteiger partial charge is 0.238 e. The van der Waals surface area contributed by atoms with E-state index in [1.807, 2.05) is 6.07 Å². The molecule has 0 unspecified atom stereocenters. The molecule has 0 saturated heterocycles. The molecule has 0 aliphatic rings. The van der Waals surface area contributed by atoms with Crippen LogP contribution in [0.5, 0.6) is 11.6 Å². The van der Waals surface area contributed by atoms with E-state index in [-0.39, 0.29) is 0 Å². The third-order valence-electron chi connectivity index (χ3n) is 1.87. The predicted molar refractivity (Wildman–Crippen MR) is 59.3 cm³/mol. The Labute approximate surface area is 97.9 Å². The van der Waals surface area contributed by atoms with E-state index < -0.39 is 0 Å². The lowest BCUT2D eigenvalue weighted by Gasteiger charge is -2.05. The molecular weight excluding hydrogens is 224 g/mol. The molecule has 0 saturated carbocycles. The van der Waals surface area contributed by atoms with Crippen LogP contribution in [0.25, 0.3) is 0 Å². The maximum Gasteiger partial charge on any atom is 0.238 e. The lowest BCUT2D eigenvalue weighted by Crippen LogP contribution is -1.88. The molecule has 0 aliphatic heterocycles. The summed E-state index contributed by atoms with van der Waals surface area (Å²) in [6.45, 7) is 0. The fourth-order valence-corrected chi connectivity index (χ4v) is 1.26. The van der Waals surface area contributed by atoms with Crippen LogP contribution in [0.2, 0.25) is 5.02 Å². The van der Waals surface area contributed by atoms with E-state index in [4.69, 9.17) is 21.6 Å². The van der Waals surface area contributed by atoms with Gasteiger partial charge in [0.25, 0.3) is 0 Å². The Morgan fingerprint density at radius 3 is 2.69 bits per heavy atom. The van der Waals surface area contributed by atoms with E-state index in [1.165, 1.54) is 6.20 Å². The van der Waals surface area contributed by atoms with Crippen LogP contribution >= 0.6 is 11.6 Å². The molecule has 1 aromatic carbocycles. The summed E-state index contributed by atoms with van der Waals surface area (Å²) in [5, 5.41) is 9.03. The Morgan fingerprint density at radius 2 is 2.06 bits per heavy atom. The largest absolute Gasteiger partial charge is 0.438 e. The number of benzene rings is 1. The molecule has 1 aromatic heterocycles. The van der Waals surface area contributed by atoms with Crippen molar-refractivity contribution in [3.05, 3.63) is 53.2 Å². The summed E-state index contributed by atoms with van der Waals surface area (Å²) in [6.07, 6.45) is 1.48. The molecule has 4 heteroatoms. The number of nitrogens with zero attached hydrogens (tertiary/aromatic N) is 2. The maximum absolute atomic E-state index is 8.63. The molecule has 77 valence electrons. The van der Waals surface area contributed by atoms with Crippen molar-refractivity contribution < 1.29 is 4.74 Å². The van der Waals surface area contributed by atoms with Crippen LogP contribution in [0.15, 0.2) is 36.5 Å². The molecule has 0 aliphatic carbocycles. The molecule has 1 radical (unpaired) electrons. The van der Waals surface area contributed by atoms with Gasteiger partial charge in [0.05, 0.1) is 11.6 Å². The van der Waals surface area contributed by atoms with Crippen LogP contribution in [0.3, 0.4) is 0 Å². The lowest BCUT2D eigenvalue weighted by molar-refractivity contribution is 0.463. The Balaban J connectivity index is 2.22. The van der Waals surface area contributed by atoms with Gasteiger partial charge in [-0.05, 0) is 30.3 Å². The van der Waals surface area contributed by atoms with Crippen molar-refractivity contribution in [3.63, 3.8) is 0 Å². The fraction of sp³-hybridized carbons (Fsp3) is 0. The van der Waals surface area contributed by atoms with E-state index >= 15 is 0 Å². The predicted octanol–water partition coefficient (Wildman–Crippen LogP) is 3.20. The minimum absolute atomic E-state index is 0.324. The Kier molecular flexibility index (Phi) is 3.04. The standard InChI is InChI=1S/C12H6ClN2O/c13-11-2-1-7-15-12(11)16-10-5-3-9(8-14)4-6-10/h2-7H. The zero-order valence-electron chi connectivity index (χ0n) is 8.14. The maximum atomic E-state index is 8.63. The summed E-state index contributed by atoms with van der Waals surface area (Å²) in [6, 6.07) is 13.0. The third kappa shape index (κ3) is 2.30. The Hall–Kier alpha value is -2.05. The number of hydrogen-bond acceptors (Lipinski definition) is 3. The fourth-order valence-electron chi connectivity index (χ4n) is 1.11. The van der Waals surface area contributed by atoms with Gasteiger partial charge in [0, 0.05) is 12.3 Å². The zero-order valence-corrected chi connectivity index (χ0v) is 8.90. The molecule has 0 spiro atoms. The van der Waals surface area contributed by atoms with Gasteiger partial charge in [-0.1, -0.05) is 11.6 Å². The van der Waals surface area contributed by atoms with Crippen molar-refractivity contribution in [2.45, 2.75) is 0 Å². The molecular formula is C12H6ClN2O. The van der Waals surface area contributed by atoms with Gasteiger partial charge in [-0.25, -0.2) is 4.98 Å². The number of hydrogen-bond donors (Lipinski definition) is 0. The van der Waals surface area contributed by atoms with Crippen molar-refractivity contribution in [1.82, 2.24) is 4.98 Å². The average molecular weight is 230 g/mol. The first-order valence-corrected chi connectivity index (χ1v) is 4.87. The van der Waals surface area contributed by atoms with Crippen LogP contribution < -0.4 is 4.74 Å². The third-order valence-corrected chi connectivity index (χ3v) is 2.14. The van der Waals surface area contributed by atoms with Crippen LogP contribution in [0, 0.1) is 17.4 Å². The number of pyridine rings is 1. The number of nitriles is 1. The van der Waals surface area contributed by atoms with E-state index in [0.717, 1.165) is 0 Å². The van der Waals surface area contributed by atoms with E-state index in [1.54, 1.807) is 30.3 Å². The number of aromatic nitrogens is 1. The first kappa shape index (κ1) is 10.5. The van der Waals surface area contributed by atoms with E-state index in [0.29, 0.717) is 22.2 Å². The summed E-state index contributed by atoms with van der Waals surface area (Å²) in [7, 11) is 0. The number of ether oxygens (including phenoxy) is 1. The molecule has 0 fully saturated rings. The summed E-state index contributed by atoms with van der Waals surface area (Å²) in [5.41, 5.74) is 0.577. The van der Waals surface area contributed by atoms with Gasteiger partial charge < -0.3 is 4.74 Å². The molecule has 2 rings (SSSR count). The highest BCUT2D eigenvalue weighted by atomic mass is 35.5. The van der Waals surface area contributed by atoms with Crippen LogP contribution in [-0.4, -0.2) is 4.98 Å². The second-order valence-electron chi connectivity index (χ2n) is 2.96. The van der Waals surface area contributed by atoms with Gasteiger partial charge in [-0.15, -0.1) is 0 Å². The minimum atomic E-state index is 0.324. The average Bonchev–Trinajstić information content (AvgIpc) is 2.33. The van der Waals surface area contributed by atoms with Gasteiger partial charge >= 0.3 is 0 Å². The summed E-state index contributed by atoms with van der Waals surface area (Å²) >= 11 is 5.86. The van der Waals surface area contributed by atoms with Gasteiger partial charge in [-0.2, -0.15) is 5.26 Å². The highest BCUT2D eigenvalue weighted by Gasteiger charge is 2.03. The summed E-state index contributed by atoms with van der Waals surface area (Å²) in [5.74, 6) is 0.907. The summed E-state index contributed by atoms with van der Waals surface area (Å²) < 4.78 is 5.44. The summed E-state index contributed by atoms with van der Waals surface area (Å²) in [4.78, 5) is 3.94. The van der Waals surface area contributed by atoms with Crippen molar-refractivity contribution in [2.24, 2.45) is 0 Å². The van der Waals surface area contributed by atoms with Crippen molar-refractivity contribution >= 4 is 11.6 Å². The first-order chi connectivity index (χ1) is 7.79. The van der Waals surface area contributed by atoms with Crippen LogP contribution in [-0.2, 0) is 0 Å². The molecule has 3 nitrogen and oxygen atoms in total. The normalized spacial score (nSPS) is 9.50. The first-order valence-electron chi connectivity index (χ1n) is 4.49. The Bertz CT molecular complexity index is 531. The molecule has 0 bridgehead atoms. The molecule has 1 heterocycles. The highest BCUT2D eigenvalue weighted by Crippen LogP contribution is 2.26. The monoisotopic (exact) mass is 229 g/mol. The van der Waals surface area contributed by atoms with E-state index in [9.17, 15) is 0 Å². The van der Waals surface area contributed by atoms with Crippen molar-refractivity contribution in [1.29, 1.82) is 5.26 Å². The van der Waals surface area contributed by atoms with Gasteiger partial charge in [0.15, 0.2) is 0 Å². The van der Waals surface area contributed by atoms with Gasteiger partial charge in [0.2, 0.25) is 5.88 Å². The van der Waals surface area contributed by atoms with Gasteiger partial charge in [0.1, 0.15) is 10.8 Å². The SMILES string of the molecule is N#Cc1ccc(Oc2nc[c]cc2Cl)cc1. The topological polar surface area (TPSA) is 45.9 Å². The lowest BCUT2D eigenvalue weighted by atomic mass is 10.2. The molecule has 2 aromatic rings. The van der Waals surface area contributed by atoms with Crippen LogP contribution in [0.4, 0.5) is 0 Å². The Morgan fingerprint density at radius 1 is 1.31 bits per heavy atom. The minimum Gasteiger partial charge on any atom is -0.438 e. The zero-order chi connectivity index (χ0) is 11.4. The van der Waals surface area contributed by atoms with E-state index in [2.05, 4.69) is 11.1 Å². The second kappa shape index (κ2) is 4.65. The van der Waals surface area contributed by atoms with Crippen LogP contribution in [0.1, 0.15) is 5.56 Å². The quantitative estimate of drug-likeness (QED) is 0.795. The van der Waals surface area contributed by atoms with Crippen molar-refractivity contribution in [2.75, 3.05) is 0 Å². The number of halogens is 1. The second-order valence-corrected chi connectivity index (χ2v) is 3.37.